The Morgan fingerprint density at radius 3 is 2.69 bits per heavy atom. The molecule has 7 nitrogen and oxygen atoms in total. The first-order chi connectivity index (χ1) is 13.8. The Balaban J connectivity index is 2.53. The van der Waals surface area contributed by atoms with Crippen LogP contribution >= 0.6 is 22.6 Å². The van der Waals surface area contributed by atoms with E-state index in [4.69, 9.17) is 5.11 Å². The number of aromatic nitrogens is 2. The van der Waals surface area contributed by atoms with E-state index in [1.807, 2.05) is 0 Å². The molecule has 2 aromatic rings. The topological polar surface area (TPSA) is 96.2 Å². The predicted octanol–water partition coefficient (Wildman–Crippen LogP) is 4.73. The first kappa shape index (κ1) is 22.6. The minimum atomic E-state index is -1.22. The number of anilines is 1. The van der Waals surface area contributed by atoms with Gasteiger partial charge in [-0.1, -0.05) is 41.7 Å². The van der Waals surface area contributed by atoms with Crippen molar-refractivity contribution in [3.8, 4) is 11.3 Å². The maximum absolute atomic E-state index is 14.4. The van der Waals surface area contributed by atoms with Gasteiger partial charge in [0, 0.05) is 5.56 Å². The van der Waals surface area contributed by atoms with Crippen molar-refractivity contribution in [2.75, 3.05) is 5.32 Å². The van der Waals surface area contributed by atoms with Crippen LogP contribution in [0.1, 0.15) is 24.9 Å². The van der Waals surface area contributed by atoms with Crippen LogP contribution in [0.25, 0.3) is 11.3 Å². The zero-order valence-electron chi connectivity index (χ0n) is 15.9. The Hall–Kier alpha value is -2.69. The van der Waals surface area contributed by atoms with Crippen LogP contribution in [0.2, 0.25) is 0 Å². The van der Waals surface area contributed by atoms with E-state index in [2.05, 4.69) is 51.5 Å². The summed E-state index contributed by atoms with van der Waals surface area (Å²) in [4.78, 5) is 23.4. The van der Waals surface area contributed by atoms with Gasteiger partial charge in [0.15, 0.2) is 0 Å². The van der Waals surface area contributed by atoms with Gasteiger partial charge in [0.2, 0.25) is 5.91 Å². The zero-order chi connectivity index (χ0) is 21.6. The number of carbonyl (C=O) groups is 2. The van der Waals surface area contributed by atoms with Crippen LogP contribution in [-0.4, -0.2) is 26.9 Å². The normalized spacial score (nSPS) is 12.7. The lowest BCUT2D eigenvalue weighted by atomic mass is 9.99. The van der Waals surface area contributed by atoms with Gasteiger partial charge in [-0.2, -0.15) is 5.10 Å². The molecule has 3 N–H and O–H groups in total. The first-order valence-corrected chi connectivity index (χ1v) is 10.3. The number of alkyl halides is 1. The molecule has 0 saturated carbocycles. The number of carbonyl (C=O) groups excluding carboxylic acids is 1. The van der Waals surface area contributed by atoms with Crippen LogP contribution in [-0.2, 0) is 9.35 Å². The zero-order valence-corrected chi connectivity index (χ0v) is 18.0. The van der Waals surface area contributed by atoms with Gasteiger partial charge in [-0.05, 0) is 30.2 Å². The van der Waals surface area contributed by atoms with E-state index in [9.17, 15) is 14.0 Å². The Morgan fingerprint density at radius 2 is 2.10 bits per heavy atom. The van der Waals surface area contributed by atoms with Gasteiger partial charge >= 0.3 is 6.09 Å². The van der Waals surface area contributed by atoms with Crippen molar-refractivity contribution in [2.24, 2.45) is 5.92 Å². The monoisotopic (exact) mass is 512 g/mol. The van der Waals surface area contributed by atoms with Gasteiger partial charge < -0.3 is 15.7 Å². The summed E-state index contributed by atoms with van der Waals surface area (Å²) in [7, 11) is 0. The molecule has 29 heavy (non-hydrogen) atoms. The molecule has 154 valence electrons. The van der Waals surface area contributed by atoms with Gasteiger partial charge in [-0.15, -0.1) is 13.2 Å². The molecule has 2 rings (SSSR count). The second-order valence-corrected chi connectivity index (χ2v) is 7.02. The van der Waals surface area contributed by atoms with Crippen molar-refractivity contribution < 1.29 is 19.1 Å². The number of benzene rings is 1. The van der Waals surface area contributed by atoms with Crippen LogP contribution in [0.4, 0.5) is 14.9 Å². The molecule has 0 saturated heterocycles. The van der Waals surface area contributed by atoms with Crippen LogP contribution in [0.3, 0.4) is 0 Å². The summed E-state index contributed by atoms with van der Waals surface area (Å²) in [6, 6.07) is 3.62. The Morgan fingerprint density at radius 1 is 1.38 bits per heavy atom. The minimum absolute atomic E-state index is 0.261. The van der Waals surface area contributed by atoms with E-state index in [0.29, 0.717) is 33.5 Å². The van der Waals surface area contributed by atoms with Crippen molar-refractivity contribution in [1.82, 2.24) is 15.1 Å². The number of hydrogen-bond acceptors (Lipinski definition) is 3. The van der Waals surface area contributed by atoms with E-state index in [-0.39, 0.29) is 5.91 Å². The van der Waals surface area contributed by atoms with Crippen molar-refractivity contribution in [2.45, 2.75) is 23.9 Å². The Kier molecular flexibility index (Phi) is 7.94. The molecule has 0 bridgehead atoms. The van der Waals surface area contributed by atoms with E-state index in [0.717, 1.165) is 0 Å². The molecule has 9 heteroatoms. The van der Waals surface area contributed by atoms with Crippen molar-refractivity contribution in [3.63, 3.8) is 0 Å². The van der Waals surface area contributed by atoms with Gasteiger partial charge in [0.05, 0.1) is 34.1 Å². The number of hydrogen-bond donors (Lipinski definition) is 3. The molecule has 0 spiro atoms. The van der Waals surface area contributed by atoms with Crippen molar-refractivity contribution >= 4 is 40.3 Å². The maximum Gasteiger partial charge on any atom is 0.405 e. The number of carboxylic acid groups (broad SMARTS) is 1. The third-order valence-corrected chi connectivity index (χ3v) is 4.92. The number of nitrogens with one attached hydrogen (secondary N) is 2. The molecule has 2 atom stereocenters. The average molecular weight is 512 g/mol. The van der Waals surface area contributed by atoms with E-state index in [1.54, 1.807) is 23.7 Å². The summed E-state index contributed by atoms with van der Waals surface area (Å²) < 4.78 is 16.5. The highest BCUT2D eigenvalue weighted by atomic mass is 127. The molecular formula is C20H22FIN4O3. The maximum atomic E-state index is 14.4. The van der Waals surface area contributed by atoms with Gasteiger partial charge in [-0.25, -0.2) is 9.18 Å². The first-order valence-electron chi connectivity index (χ1n) is 8.77. The van der Waals surface area contributed by atoms with Gasteiger partial charge in [-0.3, -0.25) is 9.48 Å². The molecule has 0 aliphatic carbocycles. The van der Waals surface area contributed by atoms with Crippen LogP contribution in [0, 0.1) is 11.7 Å². The fourth-order valence-corrected chi connectivity index (χ4v) is 3.29. The summed E-state index contributed by atoms with van der Waals surface area (Å²) in [5, 5.41) is 18.5. The standard InChI is InChI=1S/C20H22FIN4O3/c1-4-6-16(25-20(28)29)13-7-14(9-15(21)8-13)18-17(10-23-26(18)11-22)24-19(27)12(3)5-2/h4-5,7-10,12,16,25H,1-2,6,11H2,3H3,(H,24,27)(H,28,29)/t12-,16+/m1/s1. The molecule has 0 unspecified atom stereocenters. The molecule has 0 aliphatic rings. The second-order valence-electron chi connectivity index (χ2n) is 6.34. The lowest BCUT2D eigenvalue weighted by Crippen LogP contribution is -2.26. The highest BCUT2D eigenvalue weighted by Gasteiger charge is 2.20. The lowest BCUT2D eigenvalue weighted by molar-refractivity contribution is -0.118. The van der Waals surface area contributed by atoms with Crippen LogP contribution in [0.15, 0.2) is 49.7 Å². The van der Waals surface area contributed by atoms with Crippen molar-refractivity contribution in [1.29, 1.82) is 0 Å². The predicted molar refractivity (Wildman–Crippen MR) is 118 cm³/mol. The number of nitrogens with zero attached hydrogens (tertiary/aromatic N) is 2. The molecule has 1 aromatic heterocycles. The summed E-state index contributed by atoms with van der Waals surface area (Å²) in [5.41, 5.74) is 1.87. The summed E-state index contributed by atoms with van der Waals surface area (Å²) >= 11 is 2.11. The van der Waals surface area contributed by atoms with E-state index >= 15 is 0 Å². The number of rotatable bonds is 9. The van der Waals surface area contributed by atoms with E-state index < -0.39 is 23.9 Å². The van der Waals surface area contributed by atoms with Crippen molar-refractivity contribution in [3.05, 3.63) is 61.1 Å². The Bertz CT molecular complexity index is 928. The summed E-state index contributed by atoms with van der Waals surface area (Å²) in [6.07, 6.45) is 3.66. The minimum Gasteiger partial charge on any atom is -0.465 e. The molecule has 1 heterocycles. The highest BCUT2D eigenvalue weighted by Crippen LogP contribution is 2.32. The third-order valence-electron chi connectivity index (χ3n) is 4.27. The fraction of sp³-hybridized carbons (Fsp3) is 0.250. The number of amides is 2. The molecule has 1 aromatic carbocycles. The Labute approximate surface area is 181 Å². The second kappa shape index (κ2) is 10.2. The van der Waals surface area contributed by atoms with Crippen LogP contribution in [0.5, 0.6) is 0 Å². The number of halogens is 2. The van der Waals surface area contributed by atoms with E-state index in [1.165, 1.54) is 24.4 Å². The smallest absolute Gasteiger partial charge is 0.405 e. The average Bonchev–Trinajstić information content (AvgIpc) is 3.08. The molecule has 0 aliphatic heterocycles. The van der Waals surface area contributed by atoms with Crippen LogP contribution < -0.4 is 10.6 Å². The van der Waals surface area contributed by atoms with Gasteiger partial charge in [0.1, 0.15) is 5.82 Å². The lowest BCUT2D eigenvalue weighted by Gasteiger charge is -2.18. The summed E-state index contributed by atoms with van der Waals surface area (Å²) in [6.45, 7) is 8.95. The van der Waals surface area contributed by atoms with Gasteiger partial charge in [0.25, 0.3) is 0 Å². The molecule has 0 fully saturated rings. The summed E-state index contributed by atoms with van der Waals surface area (Å²) in [5.74, 6) is -1.20. The quantitative estimate of drug-likeness (QED) is 0.257. The molecule has 0 radical (unpaired) electrons. The molecular weight excluding hydrogens is 490 g/mol. The molecule has 2 amide bonds. The highest BCUT2D eigenvalue weighted by molar-refractivity contribution is 14.1. The largest absolute Gasteiger partial charge is 0.465 e. The fourth-order valence-electron chi connectivity index (χ4n) is 2.77. The third kappa shape index (κ3) is 5.66. The SMILES string of the molecule is C=CC[C@H](NC(=O)O)c1cc(F)cc(-c2c(NC(=O)[C@H](C)C=C)cnn2CI)c1.